The Bertz CT molecular complexity index is 398. The summed E-state index contributed by atoms with van der Waals surface area (Å²) in [6, 6.07) is 6.24. The van der Waals surface area contributed by atoms with Gasteiger partial charge < -0.3 is 9.84 Å². The highest BCUT2D eigenvalue weighted by Crippen LogP contribution is 2.03. The predicted molar refractivity (Wildman–Crippen MR) is 50.6 cm³/mol. The normalized spacial score (nSPS) is 9.50. The zero-order chi connectivity index (χ0) is 10.6. The SMILES string of the molecule is COc1ccccc(CC(=O)O)c1=O. The molecular weight excluding hydrogens is 184 g/mol. The van der Waals surface area contributed by atoms with Crippen molar-refractivity contribution in [1.82, 2.24) is 0 Å². The van der Waals surface area contributed by atoms with Gasteiger partial charge in [-0.2, -0.15) is 0 Å². The minimum atomic E-state index is -1.03. The van der Waals surface area contributed by atoms with E-state index in [9.17, 15) is 9.59 Å². The van der Waals surface area contributed by atoms with Crippen LogP contribution in [0.5, 0.6) is 5.75 Å². The van der Waals surface area contributed by atoms with Gasteiger partial charge in [0.05, 0.1) is 13.5 Å². The highest BCUT2D eigenvalue weighted by atomic mass is 16.5. The van der Waals surface area contributed by atoms with E-state index in [2.05, 4.69) is 0 Å². The summed E-state index contributed by atoms with van der Waals surface area (Å²) in [5.41, 5.74) is -0.153. The summed E-state index contributed by atoms with van der Waals surface area (Å²) in [6.45, 7) is 0. The molecular formula is C10H10O4. The lowest BCUT2D eigenvalue weighted by Gasteiger charge is -1.95. The van der Waals surface area contributed by atoms with Crippen LogP contribution in [0.1, 0.15) is 5.56 Å². The summed E-state index contributed by atoms with van der Waals surface area (Å²) >= 11 is 0. The van der Waals surface area contributed by atoms with E-state index < -0.39 is 5.97 Å². The van der Waals surface area contributed by atoms with Gasteiger partial charge in [0.1, 0.15) is 0 Å². The molecule has 1 aromatic rings. The summed E-state index contributed by atoms with van der Waals surface area (Å²) in [5.74, 6) is -0.874. The average molecular weight is 194 g/mol. The van der Waals surface area contributed by atoms with Crippen LogP contribution in [-0.2, 0) is 11.2 Å². The number of ether oxygens (including phenoxy) is 1. The maximum Gasteiger partial charge on any atom is 0.307 e. The van der Waals surface area contributed by atoms with Gasteiger partial charge in [0.15, 0.2) is 5.75 Å². The average Bonchev–Trinajstić information content (AvgIpc) is 2.29. The number of methoxy groups -OCH3 is 1. The van der Waals surface area contributed by atoms with Gasteiger partial charge in [-0.05, 0) is 6.07 Å². The third kappa shape index (κ3) is 2.32. The van der Waals surface area contributed by atoms with Crippen LogP contribution in [0, 0.1) is 0 Å². The molecule has 0 unspecified atom stereocenters. The van der Waals surface area contributed by atoms with Crippen LogP contribution < -0.4 is 10.2 Å². The minimum Gasteiger partial charge on any atom is -0.493 e. The fourth-order valence-electron chi connectivity index (χ4n) is 1.09. The lowest BCUT2D eigenvalue weighted by Crippen LogP contribution is -2.12. The third-order valence-corrected chi connectivity index (χ3v) is 1.73. The molecule has 0 aliphatic heterocycles. The zero-order valence-corrected chi connectivity index (χ0v) is 7.69. The molecule has 4 nitrogen and oxygen atoms in total. The first-order valence-electron chi connectivity index (χ1n) is 4.03. The highest BCUT2D eigenvalue weighted by Gasteiger charge is 2.06. The molecule has 0 radical (unpaired) electrons. The molecule has 0 heterocycles. The highest BCUT2D eigenvalue weighted by molar-refractivity contribution is 5.70. The van der Waals surface area contributed by atoms with Crippen molar-refractivity contribution in [2.75, 3.05) is 7.11 Å². The second-order valence-corrected chi connectivity index (χ2v) is 2.71. The molecule has 0 aliphatic carbocycles. The molecule has 1 rings (SSSR count). The molecule has 1 aromatic carbocycles. The second-order valence-electron chi connectivity index (χ2n) is 2.71. The molecule has 14 heavy (non-hydrogen) atoms. The number of carboxylic acid groups (broad SMARTS) is 1. The number of hydrogen-bond donors (Lipinski definition) is 1. The number of hydrogen-bond acceptors (Lipinski definition) is 3. The van der Waals surface area contributed by atoms with Gasteiger partial charge in [0.25, 0.3) is 0 Å². The maximum atomic E-state index is 11.5. The molecule has 0 amide bonds. The summed E-state index contributed by atoms with van der Waals surface area (Å²) < 4.78 is 4.82. The van der Waals surface area contributed by atoms with E-state index in [1.165, 1.54) is 19.2 Å². The van der Waals surface area contributed by atoms with Crippen molar-refractivity contribution in [3.05, 3.63) is 40.1 Å². The van der Waals surface area contributed by atoms with Crippen molar-refractivity contribution >= 4 is 5.97 Å². The van der Waals surface area contributed by atoms with Crippen molar-refractivity contribution in [3.8, 4) is 5.75 Å². The van der Waals surface area contributed by atoms with Crippen molar-refractivity contribution in [1.29, 1.82) is 0 Å². The summed E-state index contributed by atoms with van der Waals surface area (Å²) in [5, 5.41) is 8.56. The Morgan fingerprint density at radius 3 is 2.64 bits per heavy atom. The number of carbonyl (C=O) groups is 1. The zero-order valence-electron chi connectivity index (χ0n) is 7.69. The first-order chi connectivity index (χ1) is 6.65. The van der Waals surface area contributed by atoms with Crippen molar-refractivity contribution in [2.45, 2.75) is 6.42 Å². The number of carboxylic acids is 1. The van der Waals surface area contributed by atoms with E-state index in [1.54, 1.807) is 12.1 Å². The molecule has 0 saturated carbocycles. The fraction of sp³-hybridized carbons (Fsp3) is 0.200. The van der Waals surface area contributed by atoms with Gasteiger partial charge in [-0.15, -0.1) is 0 Å². The first kappa shape index (κ1) is 10.2. The Labute approximate surface area is 80.8 Å². The lowest BCUT2D eigenvalue weighted by molar-refractivity contribution is -0.136. The lowest BCUT2D eigenvalue weighted by atomic mass is 10.2. The van der Waals surface area contributed by atoms with Gasteiger partial charge in [-0.1, -0.05) is 18.2 Å². The van der Waals surface area contributed by atoms with E-state index in [-0.39, 0.29) is 23.2 Å². The van der Waals surface area contributed by atoms with Gasteiger partial charge in [0.2, 0.25) is 5.43 Å². The van der Waals surface area contributed by atoms with E-state index >= 15 is 0 Å². The van der Waals surface area contributed by atoms with E-state index in [4.69, 9.17) is 9.84 Å². The molecule has 0 aromatic heterocycles. The molecule has 1 N–H and O–H groups in total. The molecule has 74 valence electrons. The Kier molecular flexibility index (Phi) is 3.23. The largest absolute Gasteiger partial charge is 0.493 e. The van der Waals surface area contributed by atoms with Crippen molar-refractivity contribution < 1.29 is 14.6 Å². The van der Waals surface area contributed by atoms with Gasteiger partial charge in [-0.3, -0.25) is 9.59 Å². The molecule has 0 atom stereocenters. The smallest absolute Gasteiger partial charge is 0.307 e. The van der Waals surface area contributed by atoms with Crippen molar-refractivity contribution in [3.63, 3.8) is 0 Å². The standard InChI is InChI=1S/C10H10O4/c1-14-8-5-3-2-4-7(10(8)13)6-9(11)12/h2-5H,6H2,1H3,(H,11,12). The molecule has 0 saturated heterocycles. The van der Waals surface area contributed by atoms with Crippen molar-refractivity contribution in [2.24, 2.45) is 0 Å². The van der Waals surface area contributed by atoms with Crippen LogP contribution >= 0.6 is 0 Å². The van der Waals surface area contributed by atoms with Crippen LogP contribution in [0.2, 0.25) is 0 Å². The Morgan fingerprint density at radius 2 is 2.07 bits per heavy atom. The monoisotopic (exact) mass is 194 g/mol. The van der Waals surface area contributed by atoms with E-state index in [0.29, 0.717) is 0 Å². The second kappa shape index (κ2) is 4.41. The predicted octanol–water partition coefficient (Wildman–Crippen LogP) is 0.682. The molecule has 0 aliphatic rings. The molecule has 0 fully saturated rings. The Morgan fingerprint density at radius 1 is 1.43 bits per heavy atom. The summed E-state index contributed by atoms with van der Waals surface area (Å²) in [6.07, 6.45) is -0.288. The number of rotatable bonds is 3. The van der Waals surface area contributed by atoms with Crippen LogP contribution in [0.15, 0.2) is 29.1 Å². The first-order valence-corrected chi connectivity index (χ1v) is 4.03. The molecule has 0 spiro atoms. The van der Waals surface area contributed by atoms with Crippen LogP contribution in [0.3, 0.4) is 0 Å². The van der Waals surface area contributed by atoms with Crippen LogP contribution in [-0.4, -0.2) is 18.2 Å². The Hall–Kier alpha value is -1.84. The summed E-state index contributed by atoms with van der Waals surface area (Å²) in [4.78, 5) is 22.0. The van der Waals surface area contributed by atoms with E-state index in [1.807, 2.05) is 0 Å². The van der Waals surface area contributed by atoms with Gasteiger partial charge in [0, 0.05) is 5.56 Å². The van der Waals surface area contributed by atoms with Gasteiger partial charge >= 0.3 is 5.97 Å². The van der Waals surface area contributed by atoms with Crippen LogP contribution in [0.4, 0.5) is 0 Å². The summed E-state index contributed by atoms with van der Waals surface area (Å²) in [7, 11) is 1.38. The maximum absolute atomic E-state index is 11.5. The minimum absolute atomic E-state index is 0.159. The molecule has 0 bridgehead atoms. The topological polar surface area (TPSA) is 63.6 Å². The third-order valence-electron chi connectivity index (χ3n) is 1.73. The Balaban J connectivity index is 3.25. The van der Waals surface area contributed by atoms with Gasteiger partial charge in [-0.25, -0.2) is 0 Å². The quantitative estimate of drug-likeness (QED) is 0.768. The van der Waals surface area contributed by atoms with E-state index in [0.717, 1.165) is 0 Å². The van der Waals surface area contributed by atoms with Crippen LogP contribution in [0.25, 0.3) is 0 Å². The number of aliphatic carboxylic acids is 1. The molecule has 4 heteroatoms. The fourth-order valence-corrected chi connectivity index (χ4v) is 1.09.